The Bertz CT molecular complexity index is 691. The van der Waals surface area contributed by atoms with Crippen LogP contribution in [0, 0.1) is 0 Å². The van der Waals surface area contributed by atoms with Crippen molar-refractivity contribution >= 4 is 29.9 Å². The lowest BCUT2D eigenvalue weighted by molar-refractivity contribution is 0.0926. The van der Waals surface area contributed by atoms with Crippen LogP contribution in [-0.4, -0.2) is 24.5 Å². The Kier molecular flexibility index (Phi) is 6.67. The van der Waals surface area contributed by atoms with Gasteiger partial charge in [0.15, 0.2) is 0 Å². The molecular weight excluding hydrogens is 343 g/mol. The first-order valence-electron chi connectivity index (χ1n) is 8.02. The Balaban J connectivity index is 0.00000208. The number of piperidine rings is 1. The second-order valence-corrected chi connectivity index (χ2v) is 6.52. The average molecular weight is 365 g/mol. The summed E-state index contributed by atoms with van der Waals surface area (Å²) in [6.45, 7) is 3.07. The molecule has 1 aliphatic heterocycles. The molecule has 1 aliphatic rings. The molecule has 0 radical (unpaired) electrons. The van der Waals surface area contributed by atoms with E-state index in [0.29, 0.717) is 16.6 Å². The number of amides is 1. The van der Waals surface area contributed by atoms with Gasteiger partial charge in [0.2, 0.25) is 0 Å². The molecule has 1 amide bonds. The van der Waals surface area contributed by atoms with Crippen LogP contribution in [-0.2, 0) is 0 Å². The number of carbonyl (C=O) groups excluding carboxylic acids is 1. The minimum Gasteiger partial charge on any atom is -0.349 e. The molecule has 0 bridgehead atoms. The van der Waals surface area contributed by atoms with Gasteiger partial charge in [-0.3, -0.25) is 4.79 Å². The second-order valence-electron chi connectivity index (χ2n) is 6.11. The number of carbonyl (C=O) groups is 1. The van der Waals surface area contributed by atoms with Crippen molar-refractivity contribution in [1.29, 1.82) is 0 Å². The highest BCUT2D eigenvalue weighted by atomic mass is 35.5. The van der Waals surface area contributed by atoms with Gasteiger partial charge in [-0.2, -0.15) is 0 Å². The zero-order valence-corrected chi connectivity index (χ0v) is 15.2. The van der Waals surface area contributed by atoms with Gasteiger partial charge >= 0.3 is 0 Å². The van der Waals surface area contributed by atoms with Crippen molar-refractivity contribution in [2.45, 2.75) is 31.8 Å². The Morgan fingerprint density at radius 1 is 1.17 bits per heavy atom. The summed E-state index contributed by atoms with van der Waals surface area (Å²) in [7, 11) is 0. The van der Waals surface area contributed by atoms with Crippen LogP contribution in [0.5, 0.6) is 0 Å². The first-order valence-corrected chi connectivity index (χ1v) is 8.40. The van der Waals surface area contributed by atoms with Crippen LogP contribution >= 0.6 is 24.0 Å². The van der Waals surface area contributed by atoms with E-state index >= 15 is 0 Å². The summed E-state index contributed by atoms with van der Waals surface area (Å²) in [4.78, 5) is 12.6. The average Bonchev–Trinajstić information content (AvgIpc) is 2.56. The normalized spacial score (nSPS) is 20.1. The molecule has 2 aromatic carbocycles. The molecule has 5 heteroatoms. The molecule has 2 unspecified atom stereocenters. The van der Waals surface area contributed by atoms with Crippen LogP contribution in [0.3, 0.4) is 0 Å². The predicted octanol–water partition coefficient (Wildman–Crippen LogP) is 4.30. The van der Waals surface area contributed by atoms with Crippen molar-refractivity contribution in [3.8, 4) is 11.1 Å². The van der Waals surface area contributed by atoms with Gasteiger partial charge in [0.25, 0.3) is 5.91 Å². The molecule has 0 aliphatic carbocycles. The Hall–Kier alpha value is -1.55. The van der Waals surface area contributed by atoms with Gasteiger partial charge in [-0.1, -0.05) is 48.0 Å². The Labute approximate surface area is 154 Å². The quantitative estimate of drug-likeness (QED) is 0.852. The summed E-state index contributed by atoms with van der Waals surface area (Å²) in [5, 5.41) is 7.00. The third-order valence-electron chi connectivity index (χ3n) is 4.28. The Morgan fingerprint density at radius 2 is 1.92 bits per heavy atom. The fourth-order valence-electron chi connectivity index (χ4n) is 3.04. The smallest absolute Gasteiger partial charge is 0.253 e. The molecule has 0 aromatic heterocycles. The highest BCUT2D eigenvalue weighted by Gasteiger charge is 2.21. The van der Waals surface area contributed by atoms with Crippen molar-refractivity contribution in [3.05, 3.63) is 59.1 Å². The molecule has 24 heavy (non-hydrogen) atoms. The van der Waals surface area contributed by atoms with E-state index in [1.807, 2.05) is 42.5 Å². The van der Waals surface area contributed by atoms with Gasteiger partial charge in [-0.05, 0) is 49.6 Å². The van der Waals surface area contributed by atoms with Gasteiger partial charge in [0.05, 0.1) is 10.6 Å². The van der Waals surface area contributed by atoms with Crippen LogP contribution in [0.2, 0.25) is 5.02 Å². The lowest BCUT2D eigenvalue weighted by Gasteiger charge is -2.28. The Morgan fingerprint density at radius 3 is 2.62 bits per heavy atom. The maximum atomic E-state index is 12.6. The number of rotatable bonds is 3. The predicted molar refractivity (Wildman–Crippen MR) is 102 cm³/mol. The topological polar surface area (TPSA) is 41.1 Å². The number of hydrogen-bond acceptors (Lipinski definition) is 2. The van der Waals surface area contributed by atoms with Crippen LogP contribution < -0.4 is 10.6 Å². The monoisotopic (exact) mass is 364 g/mol. The molecule has 2 aromatic rings. The summed E-state index contributed by atoms with van der Waals surface area (Å²) in [5.41, 5.74) is 2.62. The van der Waals surface area contributed by atoms with Crippen LogP contribution in [0.4, 0.5) is 0 Å². The van der Waals surface area contributed by atoms with Gasteiger partial charge in [0.1, 0.15) is 0 Å². The standard InChI is InChI=1S/C19H21ClN2O.ClH/c1-13-11-16(9-10-21-13)22-19(23)17-12-15(7-8-18(17)20)14-5-3-2-4-6-14;/h2-8,12-13,16,21H,9-11H2,1H3,(H,22,23);1H. The third-order valence-corrected chi connectivity index (χ3v) is 4.61. The van der Waals surface area contributed by atoms with Crippen LogP contribution in [0.25, 0.3) is 11.1 Å². The molecule has 1 fully saturated rings. The van der Waals surface area contributed by atoms with E-state index in [4.69, 9.17) is 11.6 Å². The molecule has 128 valence electrons. The molecule has 1 heterocycles. The first kappa shape index (κ1) is 18.8. The number of hydrogen-bond donors (Lipinski definition) is 2. The van der Waals surface area contributed by atoms with Gasteiger partial charge in [0, 0.05) is 12.1 Å². The molecule has 2 atom stereocenters. The summed E-state index contributed by atoms with van der Waals surface area (Å²) in [5.74, 6) is -0.0909. The largest absolute Gasteiger partial charge is 0.349 e. The number of nitrogens with one attached hydrogen (secondary N) is 2. The van der Waals surface area contributed by atoms with E-state index in [0.717, 1.165) is 30.5 Å². The van der Waals surface area contributed by atoms with E-state index in [1.54, 1.807) is 6.07 Å². The van der Waals surface area contributed by atoms with Crippen molar-refractivity contribution in [2.75, 3.05) is 6.54 Å². The highest BCUT2D eigenvalue weighted by molar-refractivity contribution is 6.34. The molecule has 1 saturated heterocycles. The van der Waals surface area contributed by atoms with Gasteiger partial charge in [-0.25, -0.2) is 0 Å². The van der Waals surface area contributed by atoms with Crippen LogP contribution in [0.15, 0.2) is 48.5 Å². The van der Waals surface area contributed by atoms with Crippen molar-refractivity contribution in [1.82, 2.24) is 10.6 Å². The molecule has 3 rings (SSSR count). The van der Waals surface area contributed by atoms with E-state index in [1.165, 1.54) is 0 Å². The minimum absolute atomic E-state index is 0. The first-order chi connectivity index (χ1) is 11.1. The minimum atomic E-state index is -0.0909. The molecular formula is C19H22Cl2N2O. The van der Waals surface area contributed by atoms with E-state index < -0.39 is 0 Å². The fraction of sp³-hybridized carbons (Fsp3) is 0.316. The van der Waals surface area contributed by atoms with Crippen molar-refractivity contribution < 1.29 is 4.79 Å². The van der Waals surface area contributed by atoms with Crippen molar-refractivity contribution in [2.24, 2.45) is 0 Å². The van der Waals surface area contributed by atoms with E-state index in [2.05, 4.69) is 17.6 Å². The van der Waals surface area contributed by atoms with Crippen molar-refractivity contribution in [3.63, 3.8) is 0 Å². The molecule has 0 saturated carbocycles. The lowest BCUT2D eigenvalue weighted by atomic mass is 9.99. The van der Waals surface area contributed by atoms with Crippen LogP contribution in [0.1, 0.15) is 30.1 Å². The third kappa shape index (κ3) is 4.50. The number of benzene rings is 2. The maximum Gasteiger partial charge on any atom is 0.253 e. The maximum absolute atomic E-state index is 12.6. The zero-order chi connectivity index (χ0) is 16.2. The van der Waals surface area contributed by atoms with E-state index in [-0.39, 0.29) is 24.4 Å². The summed E-state index contributed by atoms with van der Waals surface area (Å²) >= 11 is 6.25. The summed E-state index contributed by atoms with van der Waals surface area (Å²) in [6, 6.07) is 16.3. The molecule has 3 nitrogen and oxygen atoms in total. The fourth-order valence-corrected chi connectivity index (χ4v) is 3.24. The molecule has 0 spiro atoms. The number of halogens is 2. The zero-order valence-electron chi connectivity index (χ0n) is 13.6. The second kappa shape index (κ2) is 8.52. The van der Waals surface area contributed by atoms with Gasteiger partial charge < -0.3 is 10.6 Å². The van der Waals surface area contributed by atoms with E-state index in [9.17, 15) is 4.79 Å². The van der Waals surface area contributed by atoms with Gasteiger partial charge in [-0.15, -0.1) is 12.4 Å². The highest BCUT2D eigenvalue weighted by Crippen LogP contribution is 2.25. The lowest BCUT2D eigenvalue weighted by Crippen LogP contribution is -2.46. The summed E-state index contributed by atoms with van der Waals surface area (Å²) < 4.78 is 0. The SMILES string of the molecule is CC1CC(NC(=O)c2cc(-c3ccccc3)ccc2Cl)CCN1.Cl. The molecule has 2 N–H and O–H groups in total. The summed E-state index contributed by atoms with van der Waals surface area (Å²) in [6.07, 6.45) is 1.90.